The molecule has 1 aliphatic carbocycles. The molecule has 0 spiro atoms. The van der Waals surface area contributed by atoms with Crippen LogP contribution in [0.3, 0.4) is 0 Å². The Morgan fingerprint density at radius 1 is 0.973 bits per heavy atom. The third-order valence-electron chi connectivity index (χ3n) is 14.7. The fourth-order valence-corrected chi connectivity index (χ4v) is 11.0. The van der Waals surface area contributed by atoms with Crippen LogP contribution in [0.4, 0.5) is 10.1 Å². The average molecular weight is 1040 g/mol. The van der Waals surface area contributed by atoms with Gasteiger partial charge in [-0.1, -0.05) is 75.4 Å². The Labute approximate surface area is 436 Å². The molecule has 4 aromatic rings. The van der Waals surface area contributed by atoms with Gasteiger partial charge in [0.25, 0.3) is 5.91 Å². The first-order chi connectivity index (χ1) is 35.3. The van der Waals surface area contributed by atoms with Crippen LogP contribution in [0.25, 0.3) is 10.4 Å². The van der Waals surface area contributed by atoms with Crippen LogP contribution in [0.1, 0.15) is 119 Å². The number of ether oxygens (including phenoxy) is 2. The molecule has 8 rings (SSSR count). The second-order valence-electron chi connectivity index (χ2n) is 21.5. The number of hydrogen-bond donors (Lipinski definition) is 5. The number of aliphatic hydroxyl groups excluding tert-OH is 1. The van der Waals surface area contributed by atoms with E-state index >= 15 is 0 Å². The predicted molar refractivity (Wildman–Crippen MR) is 279 cm³/mol. The Morgan fingerprint density at radius 3 is 2.42 bits per heavy atom. The monoisotopic (exact) mass is 1040 g/mol. The standard InChI is InChI=1S/C56H70FN7O9S/c1-33-49(74-32-60-33)39-19-20-40(29-59-51(68)43-28-41(65)30-63(43)53(70)50(55(3,4)5)62-54(71)56(57)23-24-56)45(27-39)72-25-7-6-10-35-15-17-36(18-16-35)31-73-34(2)42(21-22-46(58)66)61-52(69)44-26-38-13-8-11-37-12-9-14-47(67)64(44)48(37)38/h8,11,13,15-20,27,32,34,41-44,50,65H,6-7,9-10,12,14,21-26,28-31H2,1-5H3,(H2,58,66)(H,59,68)(H,61,69)(H,62,71)/t34-,41?,42?,43+,44+,50-/m1/s1. The minimum absolute atomic E-state index is 0.0150. The highest BCUT2D eigenvalue weighted by molar-refractivity contribution is 7.13. The first kappa shape index (κ1) is 54.0. The molecule has 2 unspecified atom stereocenters. The van der Waals surface area contributed by atoms with E-state index < -0.39 is 71.1 Å². The number of hydrogen-bond acceptors (Lipinski definition) is 11. The lowest BCUT2D eigenvalue weighted by molar-refractivity contribution is -0.145. The molecule has 4 aliphatic rings. The third-order valence-corrected chi connectivity index (χ3v) is 15.7. The molecule has 396 valence electrons. The summed E-state index contributed by atoms with van der Waals surface area (Å²) in [5, 5.41) is 19.3. The number of aromatic nitrogens is 1. The van der Waals surface area contributed by atoms with Crippen LogP contribution in [0, 0.1) is 12.3 Å². The summed E-state index contributed by atoms with van der Waals surface area (Å²) in [6, 6.07) is 16.6. The quantitative estimate of drug-likeness (QED) is 0.0571. The SMILES string of the molecule is Cc1ncsc1-c1ccc(CNC(=O)[C@@H]2CC(O)CN2C(=O)[C@@H](NC(=O)C2(F)CC2)C(C)(C)C)c(OCCCCc2ccc(CO[C@H](C)C(CCC(N)=O)NC(=O)[C@@H]3Cc4cccc5c4N3C(=O)CCC5)cc2)c1. The number of para-hydroxylation sites is 1. The Bertz CT molecular complexity index is 2720. The fraction of sp³-hybridized carbons (Fsp3) is 0.518. The molecule has 6 amide bonds. The van der Waals surface area contributed by atoms with Crippen molar-refractivity contribution in [3.05, 3.63) is 99.7 Å². The van der Waals surface area contributed by atoms with E-state index in [-0.39, 0.29) is 57.2 Å². The minimum Gasteiger partial charge on any atom is -0.493 e. The molecule has 4 heterocycles. The summed E-state index contributed by atoms with van der Waals surface area (Å²) in [6.07, 6.45) is 3.86. The number of aryl methyl sites for hydroxylation is 3. The molecule has 1 saturated heterocycles. The highest BCUT2D eigenvalue weighted by atomic mass is 32.1. The molecular weight excluding hydrogens is 966 g/mol. The van der Waals surface area contributed by atoms with E-state index in [9.17, 15) is 38.3 Å². The number of anilines is 1. The number of β-amino-alcohol motifs (C(OH)–C–C–N with tert-alkyl or cyclic N) is 1. The van der Waals surface area contributed by atoms with E-state index in [1.165, 1.54) is 16.2 Å². The molecule has 3 aliphatic heterocycles. The number of carbonyl (C=O) groups is 6. The van der Waals surface area contributed by atoms with E-state index in [2.05, 4.69) is 33.1 Å². The topological polar surface area (TPSA) is 223 Å². The van der Waals surface area contributed by atoms with Crippen molar-refractivity contribution >= 4 is 52.5 Å². The molecular formula is C56H70FN7O9S. The molecule has 1 aromatic heterocycles. The van der Waals surface area contributed by atoms with Gasteiger partial charge in [-0.25, -0.2) is 9.37 Å². The molecule has 0 bridgehead atoms. The number of likely N-dealkylation sites (tertiary alicyclic amines) is 1. The summed E-state index contributed by atoms with van der Waals surface area (Å²) < 4.78 is 27.4. The number of thiazole rings is 1. The first-order valence-electron chi connectivity index (χ1n) is 25.9. The zero-order valence-electron chi connectivity index (χ0n) is 43.0. The van der Waals surface area contributed by atoms with Gasteiger partial charge in [-0.3, -0.25) is 33.7 Å². The second kappa shape index (κ2) is 23.1. The zero-order valence-corrected chi connectivity index (χ0v) is 43.9. The fourth-order valence-electron chi connectivity index (χ4n) is 10.2. The van der Waals surface area contributed by atoms with Crippen LogP contribution in [0.5, 0.6) is 5.75 Å². The van der Waals surface area contributed by atoms with Crippen LogP contribution in [-0.4, -0.2) is 106 Å². The number of amides is 6. The molecule has 74 heavy (non-hydrogen) atoms. The average Bonchev–Trinajstić information content (AvgIpc) is 3.62. The largest absolute Gasteiger partial charge is 0.493 e. The Hall–Kier alpha value is -6.24. The number of halogens is 1. The van der Waals surface area contributed by atoms with Gasteiger partial charge in [0.05, 0.1) is 53.2 Å². The van der Waals surface area contributed by atoms with Crippen LogP contribution < -0.4 is 31.3 Å². The molecule has 3 aromatic carbocycles. The summed E-state index contributed by atoms with van der Waals surface area (Å²) in [6.45, 7) is 9.77. The molecule has 6 atom stereocenters. The minimum atomic E-state index is -1.98. The summed E-state index contributed by atoms with van der Waals surface area (Å²) in [7, 11) is 0. The highest BCUT2D eigenvalue weighted by Gasteiger charge is 2.53. The summed E-state index contributed by atoms with van der Waals surface area (Å²) >= 11 is 1.52. The Kier molecular flexibility index (Phi) is 16.9. The number of nitrogens with zero attached hydrogens (tertiary/aromatic N) is 3. The maximum atomic E-state index is 14.7. The number of rotatable bonds is 22. The number of nitrogens with one attached hydrogen (secondary N) is 3. The second-order valence-corrected chi connectivity index (χ2v) is 22.3. The van der Waals surface area contributed by atoms with Crippen molar-refractivity contribution in [2.24, 2.45) is 11.1 Å². The lowest BCUT2D eigenvalue weighted by Crippen LogP contribution is -2.59. The number of unbranched alkanes of at least 4 members (excludes halogenated alkanes) is 1. The van der Waals surface area contributed by atoms with Gasteiger partial charge in [-0.15, -0.1) is 11.3 Å². The molecule has 18 heteroatoms. The van der Waals surface area contributed by atoms with Gasteiger partial charge in [0.15, 0.2) is 5.67 Å². The van der Waals surface area contributed by atoms with Crippen molar-refractivity contribution in [3.63, 3.8) is 0 Å². The van der Waals surface area contributed by atoms with E-state index in [0.717, 1.165) is 81.7 Å². The van der Waals surface area contributed by atoms with Crippen molar-refractivity contribution in [2.45, 2.75) is 167 Å². The third kappa shape index (κ3) is 12.8. The lowest BCUT2D eigenvalue weighted by Gasteiger charge is -2.35. The van der Waals surface area contributed by atoms with E-state index in [0.29, 0.717) is 31.6 Å². The van der Waals surface area contributed by atoms with Crippen LogP contribution in [-0.2, 0) is 65.9 Å². The Balaban J connectivity index is 0.834. The molecule has 6 N–H and O–H groups in total. The maximum absolute atomic E-state index is 14.7. The van der Waals surface area contributed by atoms with Crippen molar-refractivity contribution in [3.8, 4) is 16.2 Å². The number of primary amides is 1. The molecule has 16 nitrogen and oxygen atoms in total. The van der Waals surface area contributed by atoms with Gasteiger partial charge in [0, 0.05) is 44.3 Å². The molecule has 0 radical (unpaired) electrons. The summed E-state index contributed by atoms with van der Waals surface area (Å²) in [4.78, 5) is 87.9. The summed E-state index contributed by atoms with van der Waals surface area (Å²) in [5.74, 6) is -2.07. The summed E-state index contributed by atoms with van der Waals surface area (Å²) in [5.41, 5.74) is 12.1. The predicted octanol–water partition coefficient (Wildman–Crippen LogP) is 6.08. The highest BCUT2D eigenvalue weighted by Crippen LogP contribution is 2.41. The van der Waals surface area contributed by atoms with Crippen LogP contribution >= 0.6 is 11.3 Å². The van der Waals surface area contributed by atoms with Crippen LogP contribution in [0.2, 0.25) is 0 Å². The van der Waals surface area contributed by atoms with Gasteiger partial charge < -0.3 is 41.2 Å². The number of benzene rings is 3. The van der Waals surface area contributed by atoms with Crippen molar-refractivity contribution in [1.29, 1.82) is 0 Å². The smallest absolute Gasteiger partial charge is 0.258 e. The maximum Gasteiger partial charge on any atom is 0.258 e. The normalized spacial score (nSPS) is 20.0. The number of carbonyl (C=O) groups excluding carboxylic acids is 6. The number of aliphatic hydroxyl groups is 1. The molecule has 2 fully saturated rings. The van der Waals surface area contributed by atoms with E-state index in [1.807, 2.05) is 62.4 Å². The van der Waals surface area contributed by atoms with E-state index in [4.69, 9.17) is 15.2 Å². The Morgan fingerprint density at radius 2 is 1.72 bits per heavy atom. The van der Waals surface area contributed by atoms with Crippen LogP contribution in [0.15, 0.2) is 66.2 Å². The van der Waals surface area contributed by atoms with Crippen molar-refractivity contribution in [1.82, 2.24) is 25.8 Å². The van der Waals surface area contributed by atoms with Gasteiger partial charge in [-0.05, 0) is 105 Å². The number of nitrogens with two attached hydrogens (primary N) is 1. The first-order valence-corrected chi connectivity index (χ1v) is 26.8. The van der Waals surface area contributed by atoms with Crippen molar-refractivity contribution in [2.75, 3.05) is 18.1 Å². The lowest BCUT2D eigenvalue weighted by atomic mass is 9.85. The van der Waals surface area contributed by atoms with Gasteiger partial charge in [0.2, 0.25) is 29.5 Å². The van der Waals surface area contributed by atoms with Gasteiger partial charge in [-0.2, -0.15) is 0 Å². The number of alkyl halides is 1. The molecule has 1 saturated carbocycles. The van der Waals surface area contributed by atoms with Gasteiger partial charge in [0.1, 0.15) is 23.9 Å². The van der Waals surface area contributed by atoms with E-state index in [1.54, 1.807) is 31.2 Å². The van der Waals surface area contributed by atoms with Crippen molar-refractivity contribution < 1.29 is 47.7 Å². The van der Waals surface area contributed by atoms with Gasteiger partial charge >= 0.3 is 0 Å². The zero-order chi connectivity index (χ0) is 52.9.